The lowest BCUT2D eigenvalue weighted by Gasteiger charge is -2.19. The number of benzene rings is 1. The molecule has 1 aromatic rings. The van der Waals surface area contributed by atoms with Gasteiger partial charge in [-0.1, -0.05) is 18.2 Å². The second kappa shape index (κ2) is 8.04. The highest BCUT2D eigenvalue weighted by Crippen LogP contribution is 2.31. The summed E-state index contributed by atoms with van der Waals surface area (Å²) >= 11 is 0. The van der Waals surface area contributed by atoms with Crippen molar-refractivity contribution in [3.63, 3.8) is 0 Å². The van der Waals surface area contributed by atoms with Crippen LogP contribution in [0.25, 0.3) is 0 Å². The number of methoxy groups -OCH3 is 1. The van der Waals surface area contributed by atoms with Gasteiger partial charge in [-0.05, 0) is 57.2 Å². The third kappa shape index (κ3) is 5.02. The Labute approximate surface area is 138 Å². The van der Waals surface area contributed by atoms with E-state index in [1.807, 2.05) is 39.0 Å². The molecule has 0 aromatic heterocycles. The van der Waals surface area contributed by atoms with Gasteiger partial charge < -0.3 is 14.8 Å². The molecule has 1 aliphatic rings. The van der Waals surface area contributed by atoms with Crippen LogP contribution in [0.3, 0.4) is 0 Å². The number of hydrogen-bond donors (Lipinski definition) is 1. The average Bonchev–Trinajstić information content (AvgIpc) is 2.99. The van der Waals surface area contributed by atoms with Crippen LogP contribution in [0.1, 0.15) is 51.6 Å². The topological polar surface area (TPSA) is 47.6 Å². The molecule has 0 heterocycles. The number of nitrogens with one attached hydrogen (secondary N) is 1. The average molecular weight is 317 g/mol. The summed E-state index contributed by atoms with van der Waals surface area (Å²) < 4.78 is 11.1. The van der Waals surface area contributed by atoms with Gasteiger partial charge in [0, 0.05) is 6.42 Å². The van der Waals surface area contributed by atoms with E-state index in [9.17, 15) is 4.79 Å². The summed E-state index contributed by atoms with van der Waals surface area (Å²) in [7, 11) is 1.63. The quantitative estimate of drug-likeness (QED) is 0.773. The zero-order chi connectivity index (χ0) is 16.8. The number of rotatable bonds is 7. The molecular weight excluding hydrogens is 290 g/mol. The Hall–Kier alpha value is -1.97. The van der Waals surface area contributed by atoms with Crippen molar-refractivity contribution < 1.29 is 14.3 Å². The van der Waals surface area contributed by atoms with Crippen molar-refractivity contribution in [3.05, 3.63) is 35.9 Å². The Morgan fingerprint density at radius 3 is 2.70 bits per heavy atom. The summed E-state index contributed by atoms with van der Waals surface area (Å²) in [5.41, 5.74) is 1.01. The van der Waals surface area contributed by atoms with Crippen LogP contribution >= 0.6 is 0 Å². The van der Waals surface area contributed by atoms with Gasteiger partial charge in [-0.3, -0.25) is 4.79 Å². The molecule has 1 aromatic carbocycles. The number of hydrogen-bond acceptors (Lipinski definition) is 3. The Morgan fingerprint density at radius 1 is 1.30 bits per heavy atom. The van der Waals surface area contributed by atoms with Crippen molar-refractivity contribution in [3.8, 4) is 11.5 Å². The van der Waals surface area contributed by atoms with Gasteiger partial charge in [0.1, 0.15) is 0 Å². The molecule has 1 aliphatic carbocycles. The van der Waals surface area contributed by atoms with E-state index < -0.39 is 0 Å². The molecule has 2 unspecified atom stereocenters. The van der Waals surface area contributed by atoms with Crippen LogP contribution in [0, 0.1) is 5.92 Å². The second-order valence-electron chi connectivity index (χ2n) is 6.34. The molecule has 23 heavy (non-hydrogen) atoms. The van der Waals surface area contributed by atoms with E-state index in [-0.39, 0.29) is 18.1 Å². The maximum Gasteiger partial charge on any atom is 0.221 e. The molecule has 0 radical (unpaired) electrons. The predicted octanol–water partition coefficient (Wildman–Crippen LogP) is 4.02. The zero-order valence-corrected chi connectivity index (χ0v) is 14.5. The first-order valence-corrected chi connectivity index (χ1v) is 8.30. The van der Waals surface area contributed by atoms with Gasteiger partial charge >= 0.3 is 0 Å². The van der Waals surface area contributed by atoms with Gasteiger partial charge in [0.05, 0.1) is 19.3 Å². The third-order valence-electron chi connectivity index (χ3n) is 3.99. The lowest BCUT2D eigenvalue weighted by Crippen LogP contribution is -2.27. The third-order valence-corrected chi connectivity index (χ3v) is 3.99. The monoisotopic (exact) mass is 317 g/mol. The van der Waals surface area contributed by atoms with Crippen LogP contribution in [0.2, 0.25) is 0 Å². The largest absolute Gasteiger partial charge is 0.493 e. The molecule has 0 aliphatic heterocycles. The van der Waals surface area contributed by atoms with E-state index in [1.165, 1.54) is 0 Å². The fourth-order valence-electron chi connectivity index (χ4n) is 2.79. The lowest BCUT2D eigenvalue weighted by molar-refractivity contribution is -0.122. The van der Waals surface area contributed by atoms with Gasteiger partial charge in [0.15, 0.2) is 11.5 Å². The van der Waals surface area contributed by atoms with E-state index in [1.54, 1.807) is 7.11 Å². The van der Waals surface area contributed by atoms with Crippen LogP contribution in [-0.2, 0) is 4.79 Å². The smallest absolute Gasteiger partial charge is 0.221 e. The molecule has 1 amide bonds. The van der Waals surface area contributed by atoms with E-state index in [4.69, 9.17) is 9.47 Å². The summed E-state index contributed by atoms with van der Waals surface area (Å²) in [6.45, 7) is 5.95. The van der Waals surface area contributed by atoms with E-state index >= 15 is 0 Å². The van der Waals surface area contributed by atoms with E-state index in [2.05, 4.69) is 17.5 Å². The van der Waals surface area contributed by atoms with Gasteiger partial charge in [0.25, 0.3) is 0 Å². The van der Waals surface area contributed by atoms with Gasteiger partial charge in [-0.15, -0.1) is 0 Å². The van der Waals surface area contributed by atoms with E-state index in [0.717, 1.165) is 24.2 Å². The van der Waals surface area contributed by atoms with Crippen molar-refractivity contribution in [1.29, 1.82) is 0 Å². The molecule has 0 spiro atoms. The maximum atomic E-state index is 12.1. The molecule has 0 saturated carbocycles. The standard InChI is InChI=1S/C19H27NO3/c1-13(2)23-17-10-9-16(12-18(17)22-4)14(3)20-19(21)11-15-7-5-6-8-15/h5,7,9-10,12-15H,6,8,11H2,1-4H3,(H,20,21). The fourth-order valence-corrected chi connectivity index (χ4v) is 2.79. The SMILES string of the molecule is COc1cc(C(C)NC(=O)CC2C=CCC2)ccc1OC(C)C. The molecule has 2 atom stereocenters. The number of carbonyl (C=O) groups is 1. The first-order chi connectivity index (χ1) is 11.0. The van der Waals surface area contributed by atoms with Crippen molar-refractivity contribution in [2.45, 2.75) is 52.2 Å². The van der Waals surface area contributed by atoms with E-state index in [0.29, 0.717) is 18.1 Å². The lowest BCUT2D eigenvalue weighted by atomic mass is 10.0. The first kappa shape index (κ1) is 17.4. The molecule has 126 valence electrons. The minimum Gasteiger partial charge on any atom is -0.493 e. The summed E-state index contributed by atoms with van der Waals surface area (Å²) in [5.74, 6) is 1.89. The number of amides is 1. The summed E-state index contributed by atoms with van der Waals surface area (Å²) in [5, 5.41) is 3.07. The van der Waals surface area contributed by atoms with Crippen LogP contribution in [0.5, 0.6) is 11.5 Å². The van der Waals surface area contributed by atoms with Crippen LogP contribution in [-0.4, -0.2) is 19.1 Å². The number of allylic oxidation sites excluding steroid dienone is 2. The highest BCUT2D eigenvalue weighted by molar-refractivity contribution is 5.77. The summed E-state index contributed by atoms with van der Waals surface area (Å²) in [6.07, 6.45) is 7.11. The molecule has 1 N–H and O–H groups in total. The maximum absolute atomic E-state index is 12.1. The molecule has 0 saturated heterocycles. The molecule has 4 heteroatoms. The number of ether oxygens (including phenoxy) is 2. The fraction of sp³-hybridized carbons (Fsp3) is 0.526. The Bertz CT molecular complexity index is 566. The van der Waals surface area contributed by atoms with Gasteiger partial charge in [0.2, 0.25) is 5.91 Å². The molecular formula is C19H27NO3. The van der Waals surface area contributed by atoms with Gasteiger partial charge in [-0.2, -0.15) is 0 Å². The second-order valence-corrected chi connectivity index (χ2v) is 6.34. The summed E-state index contributed by atoms with van der Waals surface area (Å²) in [6, 6.07) is 5.74. The molecule has 2 rings (SSSR count). The Balaban J connectivity index is 1.99. The van der Waals surface area contributed by atoms with Gasteiger partial charge in [-0.25, -0.2) is 0 Å². The van der Waals surface area contributed by atoms with Crippen molar-refractivity contribution in [2.75, 3.05) is 7.11 Å². The van der Waals surface area contributed by atoms with Crippen molar-refractivity contribution >= 4 is 5.91 Å². The predicted molar refractivity (Wildman–Crippen MR) is 91.8 cm³/mol. The first-order valence-electron chi connectivity index (χ1n) is 8.30. The highest BCUT2D eigenvalue weighted by Gasteiger charge is 2.17. The molecule has 0 bridgehead atoms. The summed E-state index contributed by atoms with van der Waals surface area (Å²) in [4.78, 5) is 12.1. The highest BCUT2D eigenvalue weighted by atomic mass is 16.5. The zero-order valence-electron chi connectivity index (χ0n) is 14.5. The molecule has 0 fully saturated rings. The number of carbonyl (C=O) groups excluding carboxylic acids is 1. The molecule has 4 nitrogen and oxygen atoms in total. The van der Waals surface area contributed by atoms with Crippen LogP contribution in [0.15, 0.2) is 30.4 Å². The van der Waals surface area contributed by atoms with Crippen molar-refractivity contribution in [2.24, 2.45) is 5.92 Å². The van der Waals surface area contributed by atoms with Crippen molar-refractivity contribution in [1.82, 2.24) is 5.32 Å². The minimum atomic E-state index is -0.0603. The Kier molecular flexibility index (Phi) is 6.08. The van der Waals surface area contributed by atoms with Crippen LogP contribution in [0.4, 0.5) is 0 Å². The normalized spacial score (nSPS) is 18.0. The Morgan fingerprint density at radius 2 is 2.09 bits per heavy atom. The minimum absolute atomic E-state index is 0.0603. The van der Waals surface area contributed by atoms with Crippen LogP contribution < -0.4 is 14.8 Å².